The van der Waals surface area contributed by atoms with E-state index >= 15 is 0 Å². The molecule has 1 saturated heterocycles. The molecule has 1 atom stereocenters. The molecule has 0 bridgehead atoms. The Morgan fingerprint density at radius 1 is 1.26 bits per heavy atom. The van der Waals surface area contributed by atoms with E-state index in [1.807, 2.05) is 11.6 Å². The Kier molecular flexibility index (Phi) is 4.45. The number of imidazole rings is 1. The van der Waals surface area contributed by atoms with Crippen LogP contribution in [-0.4, -0.2) is 51.6 Å². The fourth-order valence-electron chi connectivity index (χ4n) is 3.02. The van der Waals surface area contributed by atoms with E-state index in [9.17, 15) is 8.42 Å². The molecule has 0 N–H and O–H groups in total. The lowest BCUT2D eigenvalue weighted by Gasteiger charge is -2.30. The standard InChI is InChI=1S/C15H21N5O2S/c1-19-11-17-9-15(19)14-8-16-7-13(18-14)6-12-4-3-5-20(10-12)23(2,21)22/h7-9,11-12H,3-6,10H2,1-2H3. The van der Waals surface area contributed by atoms with Crippen molar-refractivity contribution in [2.45, 2.75) is 19.3 Å². The van der Waals surface area contributed by atoms with Gasteiger partial charge in [0, 0.05) is 26.3 Å². The molecule has 2 aromatic rings. The van der Waals surface area contributed by atoms with Crippen LogP contribution in [-0.2, 0) is 23.5 Å². The summed E-state index contributed by atoms with van der Waals surface area (Å²) in [6, 6.07) is 0. The molecule has 3 heterocycles. The first-order valence-electron chi connectivity index (χ1n) is 7.66. The van der Waals surface area contributed by atoms with Gasteiger partial charge in [0.25, 0.3) is 0 Å². The molecule has 1 aliphatic rings. The van der Waals surface area contributed by atoms with Crippen molar-refractivity contribution in [2.24, 2.45) is 13.0 Å². The number of rotatable bonds is 4. The average Bonchev–Trinajstić information content (AvgIpc) is 2.93. The van der Waals surface area contributed by atoms with Crippen molar-refractivity contribution in [3.8, 4) is 11.4 Å². The third-order valence-electron chi connectivity index (χ3n) is 4.21. The molecule has 0 saturated carbocycles. The summed E-state index contributed by atoms with van der Waals surface area (Å²) in [6.45, 7) is 1.19. The Balaban J connectivity index is 1.75. The van der Waals surface area contributed by atoms with Gasteiger partial charge in [0.05, 0.1) is 36.4 Å². The summed E-state index contributed by atoms with van der Waals surface area (Å²) >= 11 is 0. The average molecular weight is 335 g/mol. The van der Waals surface area contributed by atoms with Crippen LogP contribution in [0.5, 0.6) is 0 Å². The predicted molar refractivity (Wildman–Crippen MR) is 87.1 cm³/mol. The summed E-state index contributed by atoms with van der Waals surface area (Å²) in [5.74, 6) is 0.287. The maximum Gasteiger partial charge on any atom is 0.211 e. The number of aryl methyl sites for hydroxylation is 1. The van der Waals surface area contributed by atoms with Crippen molar-refractivity contribution in [1.29, 1.82) is 0 Å². The van der Waals surface area contributed by atoms with Crippen molar-refractivity contribution >= 4 is 10.0 Å². The Morgan fingerprint density at radius 3 is 2.78 bits per heavy atom. The predicted octanol–water partition coefficient (Wildman–Crippen LogP) is 1.09. The molecule has 0 aromatic carbocycles. The molecule has 23 heavy (non-hydrogen) atoms. The molecule has 1 fully saturated rings. The normalized spacial score (nSPS) is 19.8. The van der Waals surface area contributed by atoms with Crippen LogP contribution in [0, 0.1) is 5.92 Å². The smallest absolute Gasteiger partial charge is 0.211 e. The minimum atomic E-state index is -3.11. The quantitative estimate of drug-likeness (QED) is 0.835. The third-order valence-corrected chi connectivity index (χ3v) is 5.48. The maximum atomic E-state index is 11.7. The van der Waals surface area contributed by atoms with Crippen LogP contribution in [0.4, 0.5) is 0 Å². The van der Waals surface area contributed by atoms with Crippen molar-refractivity contribution in [3.05, 3.63) is 30.6 Å². The van der Waals surface area contributed by atoms with Gasteiger partial charge in [0.15, 0.2) is 0 Å². The highest BCUT2D eigenvalue weighted by molar-refractivity contribution is 7.88. The summed E-state index contributed by atoms with van der Waals surface area (Å²) in [6.07, 6.45) is 10.9. The fourth-order valence-corrected chi connectivity index (χ4v) is 3.96. The van der Waals surface area contributed by atoms with Gasteiger partial charge in [-0.05, 0) is 25.2 Å². The Labute approximate surface area is 136 Å². The second-order valence-electron chi connectivity index (χ2n) is 6.12. The fraction of sp³-hybridized carbons (Fsp3) is 0.533. The van der Waals surface area contributed by atoms with E-state index < -0.39 is 10.0 Å². The lowest BCUT2D eigenvalue weighted by Crippen LogP contribution is -2.39. The van der Waals surface area contributed by atoms with Gasteiger partial charge in [0.2, 0.25) is 10.0 Å². The Hall–Kier alpha value is -1.80. The van der Waals surface area contributed by atoms with E-state index in [-0.39, 0.29) is 5.92 Å². The molecular formula is C15H21N5O2S. The van der Waals surface area contributed by atoms with E-state index in [1.54, 1.807) is 29.2 Å². The highest BCUT2D eigenvalue weighted by atomic mass is 32.2. The minimum absolute atomic E-state index is 0.287. The SMILES string of the molecule is Cn1cncc1-c1cncc(CC2CCCN(S(C)(=O)=O)C2)n1. The molecule has 124 valence electrons. The Morgan fingerprint density at radius 2 is 2.09 bits per heavy atom. The van der Waals surface area contributed by atoms with E-state index in [0.717, 1.165) is 36.3 Å². The second-order valence-corrected chi connectivity index (χ2v) is 8.10. The van der Waals surface area contributed by atoms with Gasteiger partial charge in [-0.2, -0.15) is 0 Å². The molecule has 1 aliphatic heterocycles. The first kappa shape index (κ1) is 16.1. The molecule has 3 rings (SSSR count). The first-order chi connectivity index (χ1) is 10.9. The van der Waals surface area contributed by atoms with E-state index in [1.165, 1.54) is 6.26 Å². The largest absolute Gasteiger partial charge is 0.332 e. The van der Waals surface area contributed by atoms with Gasteiger partial charge in [-0.3, -0.25) is 4.98 Å². The van der Waals surface area contributed by atoms with Crippen molar-refractivity contribution in [2.75, 3.05) is 19.3 Å². The molecule has 0 radical (unpaired) electrons. The van der Waals surface area contributed by atoms with Gasteiger partial charge < -0.3 is 4.57 Å². The molecular weight excluding hydrogens is 314 g/mol. The lowest BCUT2D eigenvalue weighted by molar-refractivity contribution is 0.265. The molecule has 1 unspecified atom stereocenters. The number of hydrogen-bond donors (Lipinski definition) is 0. The highest BCUT2D eigenvalue weighted by Crippen LogP contribution is 2.22. The van der Waals surface area contributed by atoms with Crippen LogP contribution in [0.1, 0.15) is 18.5 Å². The number of aromatic nitrogens is 4. The van der Waals surface area contributed by atoms with Gasteiger partial charge in [-0.1, -0.05) is 0 Å². The third kappa shape index (κ3) is 3.76. The number of sulfonamides is 1. The molecule has 2 aromatic heterocycles. The first-order valence-corrected chi connectivity index (χ1v) is 9.51. The summed E-state index contributed by atoms with van der Waals surface area (Å²) in [5.41, 5.74) is 2.60. The van der Waals surface area contributed by atoms with Crippen LogP contribution in [0.15, 0.2) is 24.9 Å². The number of nitrogens with zero attached hydrogens (tertiary/aromatic N) is 5. The van der Waals surface area contributed by atoms with Crippen LogP contribution in [0.3, 0.4) is 0 Å². The van der Waals surface area contributed by atoms with E-state index in [4.69, 9.17) is 0 Å². The zero-order chi connectivity index (χ0) is 16.4. The summed E-state index contributed by atoms with van der Waals surface area (Å²) in [4.78, 5) is 13.0. The zero-order valence-corrected chi connectivity index (χ0v) is 14.2. The Bertz CT molecular complexity index is 787. The van der Waals surface area contributed by atoms with Crippen LogP contribution in [0.25, 0.3) is 11.4 Å². The van der Waals surface area contributed by atoms with Gasteiger partial charge in [-0.25, -0.2) is 22.7 Å². The summed E-state index contributed by atoms with van der Waals surface area (Å²) in [5, 5.41) is 0. The van der Waals surface area contributed by atoms with Gasteiger partial charge >= 0.3 is 0 Å². The van der Waals surface area contributed by atoms with E-state index in [2.05, 4.69) is 15.0 Å². The van der Waals surface area contributed by atoms with E-state index in [0.29, 0.717) is 13.1 Å². The second kappa shape index (κ2) is 6.37. The van der Waals surface area contributed by atoms with Gasteiger partial charge in [0.1, 0.15) is 5.69 Å². The van der Waals surface area contributed by atoms with Crippen LogP contribution < -0.4 is 0 Å². The van der Waals surface area contributed by atoms with Gasteiger partial charge in [-0.15, -0.1) is 0 Å². The summed E-state index contributed by atoms with van der Waals surface area (Å²) < 4.78 is 26.9. The number of piperidine rings is 1. The summed E-state index contributed by atoms with van der Waals surface area (Å²) in [7, 11) is -1.20. The molecule has 8 heteroatoms. The van der Waals surface area contributed by atoms with Crippen molar-refractivity contribution in [1.82, 2.24) is 23.8 Å². The zero-order valence-electron chi connectivity index (χ0n) is 13.4. The van der Waals surface area contributed by atoms with Crippen molar-refractivity contribution in [3.63, 3.8) is 0 Å². The topological polar surface area (TPSA) is 81.0 Å². The van der Waals surface area contributed by atoms with Crippen LogP contribution >= 0.6 is 0 Å². The molecule has 7 nitrogen and oxygen atoms in total. The highest BCUT2D eigenvalue weighted by Gasteiger charge is 2.26. The molecule has 0 amide bonds. The lowest BCUT2D eigenvalue weighted by atomic mass is 9.95. The molecule has 0 aliphatic carbocycles. The monoisotopic (exact) mass is 335 g/mol. The molecule has 0 spiro atoms. The maximum absolute atomic E-state index is 11.7. The van der Waals surface area contributed by atoms with Crippen LogP contribution in [0.2, 0.25) is 0 Å². The number of hydrogen-bond acceptors (Lipinski definition) is 5. The van der Waals surface area contributed by atoms with Crippen molar-refractivity contribution < 1.29 is 8.42 Å². The minimum Gasteiger partial charge on any atom is -0.332 e.